The number of aliphatic hydroxyl groups is 1. The van der Waals surface area contributed by atoms with Gasteiger partial charge in [-0.05, 0) is 144 Å². The van der Waals surface area contributed by atoms with Gasteiger partial charge in [0.15, 0.2) is 5.75 Å². The third kappa shape index (κ3) is 11.5. The highest BCUT2D eigenvalue weighted by atomic mass is 32.2. The minimum Gasteiger partial charge on any atom is -0.491 e. The van der Waals surface area contributed by atoms with E-state index in [2.05, 4.69) is 71.7 Å². The van der Waals surface area contributed by atoms with E-state index in [1.807, 2.05) is 43.3 Å². The Hall–Kier alpha value is -7.24. The number of carbonyl (C=O) groups is 1. The van der Waals surface area contributed by atoms with Gasteiger partial charge in [-0.1, -0.05) is 18.2 Å². The molecule has 3 atom stereocenters. The summed E-state index contributed by atoms with van der Waals surface area (Å²) in [6.45, 7) is 11.9. The Labute approximate surface area is 490 Å². The highest BCUT2D eigenvalue weighted by molar-refractivity contribution is 7.90. The number of rotatable bonds is 17. The van der Waals surface area contributed by atoms with Crippen molar-refractivity contribution in [3.63, 3.8) is 0 Å². The second-order valence-corrected chi connectivity index (χ2v) is 26.0. The van der Waals surface area contributed by atoms with Crippen LogP contribution in [0.4, 0.5) is 28.4 Å². The summed E-state index contributed by atoms with van der Waals surface area (Å²) in [6.07, 6.45) is 10.5. The third-order valence-corrected chi connectivity index (χ3v) is 19.8. The first-order valence-electron chi connectivity index (χ1n) is 29.5. The lowest BCUT2D eigenvalue weighted by atomic mass is 9.59. The molecule has 2 aliphatic carbocycles. The lowest BCUT2D eigenvalue weighted by Gasteiger charge is -2.58. The number of ether oxygens (including phenoxy) is 5. The quantitative estimate of drug-likeness (QED) is 0.0492. The van der Waals surface area contributed by atoms with Gasteiger partial charge in [0.05, 0.1) is 65.7 Å². The molecule has 5 fully saturated rings. The molecule has 446 valence electrons. The first-order valence-corrected chi connectivity index (χ1v) is 31.0. The van der Waals surface area contributed by atoms with Crippen molar-refractivity contribution in [1.82, 2.24) is 29.5 Å². The molecule has 3 aromatic carbocycles. The van der Waals surface area contributed by atoms with E-state index in [0.29, 0.717) is 79.5 Å². The lowest BCUT2D eigenvalue weighted by molar-refractivity contribution is -0.384. The van der Waals surface area contributed by atoms with Gasteiger partial charge in [-0.25, -0.2) is 18.1 Å². The number of sulfonamides is 1. The van der Waals surface area contributed by atoms with Crippen LogP contribution in [0.5, 0.6) is 23.3 Å². The molecule has 6 aromatic rings. The van der Waals surface area contributed by atoms with Crippen LogP contribution < -0.4 is 38.8 Å². The number of pyridine rings is 2. The molecule has 0 unspecified atom stereocenters. The molecule has 6 aliphatic rings. The fourth-order valence-corrected chi connectivity index (χ4v) is 14.9. The van der Waals surface area contributed by atoms with Crippen molar-refractivity contribution >= 4 is 55.4 Å². The Kier molecular flexibility index (Phi) is 15.9. The molecule has 84 heavy (non-hydrogen) atoms. The van der Waals surface area contributed by atoms with Crippen molar-refractivity contribution < 1.29 is 46.9 Å². The number of H-pyrrole nitrogens is 1. The van der Waals surface area contributed by atoms with E-state index >= 15 is 0 Å². The van der Waals surface area contributed by atoms with Gasteiger partial charge in [-0.2, -0.15) is 4.98 Å². The monoisotopic (exact) mass is 1170 g/mol. The number of fused-ring (bicyclic) bond motifs is 3. The summed E-state index contributed by atoms with van der Waals surface area (Å²) in [5.41, 5.74) is 4.10. The number of para-hydroxylation sites is 1. The Balaban J connectivity index is 0.800. The molecule has 21 nitrogen and oxygen atoms in total. The van der Waals surface area contributed by atoms with E-state index < -0.39 is 43.1 Å². The number of piperidine rings is 1. The fourth-order valence-electron chi connectivity index (χ4n) is 13.9. The summed E-state index contributed by atoms with van der Waals surface area (Å²) in [4.78, 5) is 48.4. The average Bonchev–Trinajstić information content (AvgIpc) is 1.71. The zero-order valence-corrected chi connectivity index (χ0v) is 49.2. The Morgan fingerprint density at radius 1 is 0.952 bits per heavy atom. The Bertz CT molecular complexity index is 3520. The first kappa shape index (κ1) is 57.2. The third-order valence-electron chi connectivity index (χ3n) is 18.4. The molecule has 3 aromatic heterocycles. The summed E-state index contributed by atoms with van der Waals surface area (Å²) in [6, 6.07) is 23.7. The smallest absolute Gasteiger partial charge is 0.293 e. The number of anilines is 4. The van der Waals surface area contributed by atoms with Crippen molar-refractivity contribution in [3.05, 3.63) is 118 Å². The van der Waals surface area contributed by atoms with Crippen LogP contribution in [0.2, 0.25) is 0 Å². The van der Waals surface area contributed by atoms with Crippen molar-refractivity contribution in [3.8, 4) is 23.3 Å². The normalized spacial score (nSPS) is 23.8. The van der Waals surface area contributed by atoms with Crippen molar-refractivity contribution in [2.75, 3.05) is 81.8 Å². The van der Waals surface area contributed by atoms with Gasteiger partial charge in [-0.15, -0.1) is 0 Å². The van der Waals surface area contributed by atoms with E-state index in [9.17, 15) is 28.4 Å². The maximum atomic E-state index is 14.9. The van der Waals surface area contributed by atoms with Gasteiger partial charge in [0, 0.05) is 99.1 Å². The van der Waals surface area contributed by atoms with Crippen LogP contribution in [0.25, 0.3) is 11.0 Å². The molecule has 4 aliphatic heterocycles. The second-order valence-electron chi connectivity index (χ2n) is 24.3. The average molecular weight is 1170 g/mol. The largest absolute Gasteiger partial charge is 0.491 e. The number of nitro benzene ring substituents is 1. The molecule has 0 bridgehead atoms. The molecule has 7 heterocycles. The second kappa shape index (κ2) is 23.3. The summed E-state index contributed by atoms with van der Waals surface area (Å²) in [5, 5.41) is 26.9. The number of piperazine rings is 1. The summed E-state index contributed by atoms with van der Waals surface area (Å²) < 4.78 is 61.2. The van der Waals surface area contributed by atoms with Crippen LogP contribution in [0, 0.1) is 21.4 Å². The van der Waals surface area contributed by atoms with Gasteiger partial charge in [0.1, 0.15) is 28.9 Å². The molecule has 2 saturated carbocycles. The molecule has 0 radical (unpaired) electrons. The minimum absolute atomic E-state index is 0.0189. The zero-order valence-electron chi connectivity index (χ0n) is 48.4. The van der Waals surface area contributed by atoms with Gasteiger partial charge in [0.2, 0.25) is 5.88 Å². The van der Waals surface area contributed by atoms with Gasteiger partial charge in [0.25, 0.3) is 27.5 Å². The topological polar surface area (TPSA) is 239 Å². The number of aromatic nitrogens is 3. The SMILES string of the molecule is COc1nccc(CN2CCN(C3CC4(CCN(c5ccc(C(=O)NS(=O)(=O)c6ccc(NCC7CCC(C)(O)CC7)c([N+](=O)[O-])c6)c(N6c7cc8cc[nH]c8nc7O[C@H]7COCC[C@@H]76)c5)CC4)C3)[C@@H](c3ccccc3OC(C)C)C2)c1OC. The fraction of sp³-hybridized carbons (Fsp3) is 0.500. The highest BCUT2D eigenvalue weighted by Gasteiger charge is 2.51. The minimum atomic E-state index is -4.65. The van der Waals surface area contributed by atoms with Gasteiger partial charge >= 0.3 is 0 Å². The summed E-state index contributed by atoms with van der Waals surface area (Å²) in [5.74, 6) is 1.68. The van der Waals surface area contributed by atoms with Gasteiger partial charge in [-0.3, -0.25) is 24.7 Å². The number of amides is 1. The van der Waals surface area contributed by atoms with E-state index in [1.165, 1.54) is 17.7 Å². The van der Waals surface area contributed by atoms with Crippen LogP contribution in [0.1, 0.15) is 106 Å². The van der Waals surface area contributed by atoms with Crippen LogP contribution in [0.15, 0.2) is 96.2 Å². The standard InChI is InChI=1S/C62H76N10O11S/c1-39(2)82-54-9-7-6-8-46(54)53-37-68(36-42-17-24-64-60(80-5)56(42)79-4)27-28-70(53)44-33-62(34-44)21-25-69(26-22-62)43-10-12-47(50(31-43)71-49-18-29-81-38-55(49)83-59-52(71)30-41-16-23-63-57(41)66-59)58(73)67-84(77,78)45-11-13-48(51(32-45)72(75)76)65-35-40-14-19-61(3,74)20-15-40/h6-13,16-17,23-24,30-32,39-40,44,49,53,55,65,74H,14-15,18-22,25-29,33-38H2,1-5H3,(H,63,66)(H,67,73)/t40?,49-,53+,55-,61?/m0/s1. The Morgan fingerprint density at radius 3 is 2.51 bits per heavy atom. The number of hydrogen-bond donors (Lipinski definition) is 4. The number of hydrogen-bond acceptors (Lipinski definition) is 18. The van der Waals surface area contributed by atoms with Crippen LogP contribution in [0.3, 0.4) is 0 Å². The van der Waals surface area contributed by atoms with E-state index in [1.54, 1.807) is 32.7 Å². The van der Waals surface area contributed by atoms with Crippen molar-refractivity contribution in [2.24, 2.45) is 11.3 Å². The van der Waals surface area contributed by atoms with Crippen molar-refractivity contribution in [2.45, 2.75) is 126 Å². The summed E-state index contributed by atoms with van der Waals surface area (Å²) >= 11 is 0. The predicted octanol–water partition coefficient (Wildman–Crippen LogP) is 9.14. The molecule has 22 heteroatoms. The van der Waals surface area contributed by atoms with Crippen LogP contribution >= 0.6 is 0 Å². The number of aromatic amines is 1. The molecular formula is C62H76N10O11S. The maximum absolute atomic E-state index is 14.9. The van der Waals surface area contributed by atoms with Crippen LogP contribution in [-0.2, 0) is 21.3 Å². The Morgan fingerprint density at radius 2 is 1.75 bits per heavy atom. The van der Waals surface area contributed by atoms with E-state index in [4.69, 9.17) is 28.7 Å². The number of nitrogens with one attached hydrogen (secondary N) is 3. The number of nitrogens with zero attached hydrogens (tertiary/aromatic N) is 7. The first-order chi connectivity index (χ1) is 40.5. The van der Waals surface area contributed by atoms with Crippen LogP contribution in [-0.4, -0.2) is 146 Å². The highest BCUT2D eigenvalue weighted by Crippen LogP contribution is 2.54. The molecular weight excluding hydrogens is 1090 g/mol. The molecule has 1 amide bonds. The molecule has 1 spiro atoms. The molecule has 4 N–H and O–H groups in total. The molecule has 12 rings (SSSR count). The number of benzene rings is 3. The van der Waals surface area contributed by atoms with Gasteiger partial charge < -0.3 is 48.9 Å². The van der Waals surface area contributed by atoms with E-state index in [-0.39, 0.29) is 47.4 Å². The number of methoxy groups -OCH3 is 2. The molecule has 3 saturated heterocycles. The number of carbonyl (C=O) groups excluding carboxylic acids is 1. The maximum Gasteiger partial charge on any atom is 0.293 e. The number of nitro groups is 1. The summed E-state index contributed by atoms with van der Waals surface area (Å²) in [7, 11) is -1.39. The predicted molar refractivity (Wildman–Crippen MR) is 318 cm³/mol. The zero-order chi connectivity index (χ0) is 58.5. The van der Waals surface area contributed by atoms with E-state index in [0.717, 1.165) is 99.7 Å². The lowest BCUT2D eigenvalue weighted by Crippen LogP contribution is -2.59. The van der Waals surface area contributed by atoms with Crippen molar-refractivity contribution in [1.29, 1.82) is 0 Å².